The number of amides is 2. The fourth-order valence-electron chi connectivity index (χ4n) is 4.45. The van der Waals surface area contributed by atoms with Crippen molar-refractivity contribution < 1.29 is 18.8 Å². The van der Waals surface area contributed by atoms with Gasteiger partial charge in [-0.1, -0.05) is 18.2 Å². The number of nitrogens with one attached hydrogen (secondary N) is 1. The predicted molar refractivity (Wildman–Crippen MR) is 117 cm³/mol. The lowest BCUT2D eigenvalue weighted by atomic mass is 9.94. The standard InChI is InChI=1S/C25H22N2O4/c1-15-22-20(28)7-4-8-21(22)31-23(15)24(29)26-18-11-9-17(10-12-18)25(30)27-14-13-16-5-2-3-6-19(16)27/h2-3,5-6,9-12H,4,7-8,13-14H2,1H3,(H,26,29). The first-order valence-corrected chi connectivity index (χ1v) is 10.5. The molecule has 3 aromatic rings. The molecule has 0 saturated carbocycles. The summed E-state index contributed by atoms with van der Waals surface area (Å²) in [5.41, 5.74) is 4.40. The van der Waals surface area contributed by atoms with Gasteiger partial charge in [0.1, 0.15) is 5.76 Å². The third-order valence-electron chi connectivity index (χ3n) is 6.03. The summed E-state index contributed by atoms with van der Waals surface area (Å²) >= 11 is 0. The maximum Gasteiger partial charge on any atom is 0.291 e. The Labute approximate surface area is 179 Å². The van der Waals surface area contributed by atoms with Gasteiger partial charge in [-0.25, -0.2) is 0 Å². The Morgan fingerprint density at radius 1 is 1.00 bits per heavy atom. The van der Waals surface area contributed by atoms with Crippen LogP contribution < -0.4 is 10.2 Å². The topological polar surface area (TPSA) is 79.6 Å². The summed E-state index contributed by atoms with van der Waals surface area (Å²) in [5, 5.41) is 2.81. The SMILES string of the molecule is Cc1c(C(=O)Nc2ccc(C(=O)N3CCc4ccccc43)cc2)oc2c1C(=O)CCC2. The first-order valence-electron chi connectivity index (χ1n) is 10.5. The Morgan fingerprint density at radius 3 is 2.55 bits per heavy atom. The summed E-state index contributed by atoms with van der Waals surface area (Å²) < 4.78 is 5.71. The van der Waals surface area contributed by atoms with Gasteiger partial charge in [0.25, 0.3) is 11.8 Å². The normalized spacial score (nSPS) is 14.9. The Morgan fingerprint density at radius 2 is 1.77 bits per heavy atom. The highest BCUT2D eigenvalue weighted by atomic mass is 16.4. The van der Waals surface area contributed by atoms with E-state index >= 15 is 0 Å². The molecule has 0 spiro atoms. The third-order valence-corrected chi connectivity index (χ3v) is 6.03. The van der Waals surface area contributed by atoms with Gasteiger partial charge in [-0.15, -0.1) is 0 Å². The van der Waals surface area contributed by atoms with E-state index < -0.39 is 5.91 Å². The molecule has 0 saturated heterocycles. The number of nitrogens with zero attached hydrogens (tertiary/aromatic N) is 1. The molecule has 2 aliphatic rings. The molecule has 2 heterocycles. The summed E-state index contributed by atoms with van der Waals surface area (Å²) in [4.78, 5) is 39.6. The maximum atomic E-state index is 12.9. The molecule has 5 rings (SSSR count). The van der Waals surface area contributed by atoms with Crippen LogP contribution in [-0.4, -0.2) is 24.1 Å². The van der Waals surface area contributed by atoms with Gasteiger partial charge in [0.2, 0.25) is 0 Å². The number of anilines is 2. The lowest BCUT2D eigenvalue weighted by Crippen LogP contribution is -2.28. The lowest BCUT2D eigenvalue weighted by molar-refractivity contribution is 0.0962. The van der Waals surface area contributed by atoms with Crippen molar-refractivity contribution in [2.24, 2.45) is 0 Å². The van der Waals surface area contributed by atoms with Crippen molar-refractivity contribution in [3.63, 3.8) is 0 Å². The van der Waals surface area contributed by atoms with E-state index in [9.17, 15) is 14.4 Å². The zero-order valence-electron chi connectivity index (χ0n) is 17.2. The monoisotopic (exact) mass is 414 g/mol. The van der Waals surface area contributed by atoms with Gasteiger partial charge in [0, 0.05) is 41.9 Å². The number of carbonyl (C=O) groups is 3. The van der Waals surface area contributed by atoms with Crippen molar-refractivity contribution in [1.29, 1.82) is 0 Å². The molecular weight excluding hydrogens is 392 g/mol. The molecule has 1 N–H and O–H groups in total. The fraction of sp³-hybridized carbons (Fsp3) is 0.240. The molecule has 31 heavy (non-hydrogen) atoms. The van der Waals surface area contributed by atoms with Crippen LogP contribution in [0.25, 0.3) is 0 Å². The van der Waals surface area contributed by atoms with E-state index in [1.54, 1.807) is 36.1 Å². The van der Waals surface area contributed by atoms with Crippen molar-refractivity contribution in [1.82, 2.24) is 0 Å². The number of para-hydroxylation sites is 1. The van der Waals surface area contributed by atoms with Crippen molar-refractivity contribution >= 4 is 29.0 Å². The third kappa shape index (κ3) is 3.34. The molecule has 156 valence electrons. The molecule has 0 bridgehead atoms. The van der Waals surface area contributed by atoms with Crippen molar-refractivity contribution in [3.8, 4) is 0 Å². The van der Waals surface area contributed by atoms with Crippen LogP contribution in [0.4, 0.5) is 11.4 Å². The van der Waals surface area contributed by atoms with Crippen molar-refractivity contribution in [2.45, 2.75) is 32.6 Å². The van der Waals surface area contributed by atoms with E-state index in [4.69, 9.17) is 4.42 Å². The maximum absolute atomic E-state index is 12.9. The van der Waals surface area contributed by atoms with Crippen LogP contribution in [0.2, 0.25) is 0 Å². The average molecular weight is 414 g/mol. The molecule has 0 unspecified atom stereocenters. The fourth-order valence-corrected chi connectivity index (χ4v) is 4.45. The van der Waals surface area contributed by atoms with E-state index in [1.165, 1.54) is 5.56 Å². The van der Waals surface area contributed by atoms with Gasteiger partial charge in [-0.2, -0.15) is 0 Å². The highest BCUT2D eigenvalue weighted by Crippen LogP contribution is 2.31. The zero-order valence-corrected chi connectivity index (χ0v) is 17.2. The Bertz CT molecular complexity index is 1210. The Balaban J connectivity index is 1.32. The molecule has 0 fully saturated rings. The molecule has 2 amide bonds. The van der Waals surface area contributed by atoms with Crippen LogP contribution >= 0.6 is 0 Å². The summed E-state index contributed by atoms with van der Waals surface area (Å²) in [6.07, 6.45) is 2.76. The Kier molecular flexibility index (Phi) is 4.70. The summed E-state index contributed by atoms with van der Waals surface area (Å²) in [6.45, 7) is 2.41. The van der Waals surface area contributed by atoms with Crippen LogP contribution in [0.3, 0.4) is 0 Å². The molecular formula is C25H22N2O4. The van der Waals surface area contributed by atoms with Crippen LogP contribution in [0.15, 0.2) is 52.9 Å². The molecule has 0 radical (unpaired) electrons. The second-order valence-electron chi connectivity index (χ2n) is 8.00. The largest absolute Gasteiger partial charge is 0.455 e. The Hall–Kier alpha value is -3.67. The number of hydrogen-bond donors (Lipinski definition) is 1. The predicted octanol–water partition coefficient (Wildman–Crippen LogP) is 4.56. The van der Waals surface area contributed by atoms with Crippen LogP contribution in [0.5, 0.6) is 0 Å². The summed E-state index contributed by atoms with van der Waals surface area (Å²) in [6, 6.07) is 14.8. The quantitative estimate of drug-likeness (QED) is 0.681. The molecule has 6 nitrogen and oxygen atoms in total. The number of Topliss-reactive ketones (excluding diaryl/α,β-unsaturated/α-hetero) is 1. The van der Waals surface area contributed by atoms with E-state index in [0.717, 1.165) is 18.5 Å². The van der Waals surface area contributed by atoms with Gasteiger partial charge in [0.05, 0.1) is 5.56 Å². The minimum Gasteiger partial charge on any atom is -0.455 e. The van der Waals surface area contributed by atoms with E-state index in [2.05, 4.69) is 5.32 Å². The van der Waals surface area contributed by atoms with Crippen LogP contribution in [-0.2, 0) is 12.8 Å². The molecule has 1 aromatic heterocycles. The highest BCUT2D eigenvalue weighted by Gasteiger charge is 2.29. The molecule has 6 heteroatoms. The lowest BCUT2D eigenvalue weighted by Gasteiger charge is -2.17. The second kappa shape index (κ2) is 7.54. The van der Waals surface area contributed by atoms with Gasteiger partial charge in [0.15, 0.2) is 11.5 Å². The van der Waals surface area contributed by atoms with Crippen molar-refractivity contribution in [3.05, 3.63) is 82.3 Å². The van der Waals surface area contributed by atoms with Gasteiger partial charge >= 0.3 is 0 Å². The smallest absolute Gasteiger partial charge is 0.291 e. The molecule has 1 aliphatic carbocycles. The number of benzene rings is 2. The van der Waals surface area contributed by atoms with Gasteiger partial charge in [-0.3, -0.25) is 14.4 Å². The number of carbonyl (C=O) groups excluding carboxylic acids is 3. The first-order chi connectivity index (χ1) is 15.0. The molecule has 1 aliphatic heterocycles. The number of hydrogen-bond acceptors (Lipinski definition) is 4. The number of aryl methyl sites for hydroxylation is 1. The number of furan rings is 1. The highest BCUT2D eigenvalue weighted by molar-refractivity contribution is 6.09. The van der Waals surface area contributed by atoms with E-state index in [-0.39, 0.29) is 17.5 Å². The van der Waals surface area contributed by atoms with Gasteiger partial charge in [-0.05, 0) is 55.7 Å². The van der Waals surface area contributed by atoms with Crippen molar-refractivity contribution in [2.75, 3.05) is 16.8 Å². The number of ketones is 1. The second-order valence-corrected chi connectivity index (χ2v) is 8.00. The molecule has 0 atom stereocenters. The summed E-state index contributed by atoms with van der Waals surface area (Å²) in [5.74, 6) is 0.357. The van der Waals surface area contributed by atoms with E-state index in [1.807, 2.05) is 24.3 Å². The minimum atomic E-state index is -0.396. The average Bonchev–Trinajstić information content (AvgIpc) is 3.36. The number of rotatable bonds is 3. The van der Waals surface area contributed by atoms with Gasteiger partial charge < -0.3 is 14.6 Å². The first kappa shape index (κ1) is 19.3. The van der Waals surface area contributed by atoms with Crippen LogP contribution in [0, 0.1) is 6.92 Å². The zero-order chi connectivity index (χ0) is 21.5. The number of fused-ring (bicyclic) bond motifs is 2. The minimum absolute atomic E-state index is 0.0351. The molecule has 2 aromatic carbocycles. The van der Waals surface area contributed by atoms with E-state index in [0.29, 0.717) is 47.5 Å². The van der Waals surface area contributed by atoms with Crippen LogP contribution in [0.1, 0.15) is 61.0 Å². The summed E-state index contributed by atoms with van der Waals surface area (Å²) in [7, 11) is 0.